The number of nitrogens with one attached hydrogen (secondary N) is 1. The molecule has 3 rings (SSSR count). The number of amides is 2. The number of benzene rings is 1. The van der Waals surface area contributed by atoms with E-state index in [2.05, 4.69) is 9.72 Å². The van der Waals surface area contributed by atoms with E-state index >= 15 is 0 Å². The second-order valence-corrected chi connectivity index (χ2v) is 4.97. The van der Waals surface area contributed by atoms with Gasteiger partial charge in [-0.2, -0.15) is 0 Å². The highest BCUT2D eigenvalue weighted by Gasteiger charge is 2.25. The second kappa shape index (κ2) is 5.55. The van der Waals surface area contributed by atoms with Crippen molar-refractivity contribution in [3.63, 3.8) is 0 Å². The second-order valence-electron chi connectivity index (χ2n) is 4.97. The number of aromatic nitrogens is 1. The van der Waals surface area contributed by atoms with Crippen LogP contribution in [0.2, 0.25) is 0 Å². The van der Waals surface area contributed by atoms with Crippen LogP contribution in [0.4, 0.5) is 4.79 Å². The summed E-state index contributed by atoms with van der Waals surface area (Å²) in [6, 6.07) is 4.82. The van der Waals surface area contributed by atoms with Gasteiger partial charge in [0.2, 0.25) is 0 Å². The SMILES string of the molecule is COC(=O)N1CCN(C(=O)c2ccc3[nH]c(=O)oc3c2)CC1. The summed E-state index contributed by atoms with van der Waals surface area (Å²) in [6.07, 6.45) is -0.386. The fraction of sp³-hybridized carbons (Fsp3) is 0.357. The molecule has 1 N–H and O–H groups in total. The molecule has 0 saturated carbocycles. The average molecular weight is 305 g/mol. The molecular formula is C14H15N3O5. The molecule has 2 heterocycles. The summed E-state index contributed by atoms with van der Waals surface area (Å²) in [6.45, 7) is 1.73. The van der Waals surface area contributed by atoms with E-state index in [1.807, 2.05) is 0 Å². The molecule has 0 bridgehead atoms. The van der Waals surface area contributed by atoms with Crippen molar-refractivity contribution in [3.05, 3.63) is 34.3 Å². The van der Waals surface area contributed by atoms with Gasteiger partial charge < -0.3 is 19.0 Å². The number of nitrogens with zero attached hydrogens (tertiary/aromatic N) is 2. The Kier molecular flexibility index (Phi) is 3.58. The van der Waals surface area contributed by atoms with Gasteiger partial charge in [-0.1, -0.05) is 0 Å². The molecule has 1 fully saturated rings. The Balaban J connectivity index is 1.73. The maximum atomic E-state index is 12.5. The summed E-state index contributed by atoms with van der Waals surface area (Å²) in [5, 5.41) is 0. The van der Waals surface area contributed by atoms with E-state index < -0.39 is 5.76 Å². The number of piperazine rings is 1. The minimum absolute atomic E-state index is 0.157. The van der Waals surface area contributed by atoms with Crippen molar-refractivity contribution >= 4 is 23.1 Å². The van der Waals surface area contributed by atoms with Crippen molar-refractivity contribution in [3.8, 4) is 0 Å². The van der Waals surface area contributed by atoms with Crippen molar-refractivity contribution in [2.24, 2.45) is 0 Å². The Hall–Kier alpha value is -2.77. The number of hydrogen-bond donors (Lipinski definition) is 1. The molecule has 1 aromatic carbocycles. The highest BCUT2D eigenvalue weighted by Crippen LogP contribution is 2.15. The van der Waals surface area contributed by atoms with Crippen molar-refractivity contribution in [1.29, 1.82) is 0 Å². The Morgan fingerprint density at radius 3 is 2.55 bits per heavy atom. The van der Waals surface area contributed by atoms with Crippen LogP contribution in [0.3, 0.4) is 0 Å². The van der Waals surface area contributed by atoms with Gasteiger partial charge in [0.25, 0.3) is 5.91 Å². The molecule has 0 atom stereocenters. The Morgan fingerprint density at radius 1 is 1.18 bits per heavy atom. The lowest BCUT2D eigenvalue weighted by Gasteiger charge is -2.33. The fourth-order valence-corrected chi connectivity index (χ4v) is 2.48. The Labute approximate surface area is 125 Å². The fourth-order valence-electron chi connectivity index (χ4n) is 2.48. The molecular weight excluding hydrogens is 290 g/mol. The number of H-pyrrole nitrogens is 1. The topological polar surface area (TPSA) is 95.9 Å². The summed E-state index contributed by atoms with van der Waals surface area (Å²) in [7, 11) is 1.33. The zero-order chi connectivity index (χ0) is 15.7. The van der Waals surface area contributed by atoms with Crippen LogP contribution in [0.1, 0.15) is 10.4 Å². The number of aromatic amines is 1. The minimum atomic E-state index is -0.550. The van der Waals surface area contributed by atoms with E-state index in [9.17, 15) is 14.4 Å². The highest BCUT2D eigenvalue weighted by molar-refractivity contribution is 5.97. The van der Waals surface area contributed by atoms with Crippen LogP contribution >= 0.6 is 0 Å². The van der Waals surface area contributed by atoms with Crippen LogP contribution in [-0.4, -0.2) is 60.1 Å². The number of oxazole rings is 1. The number of hydrogen-bond acceptors (Lipinski definition) is 5. The van der Waals surface area contributed by atoms with Crippen molar-refractivity contribution in [2.45, 2.75) is 0 Å². The normalized spacial score (nSPS) is 15.1. The zero-order valence-electron chi connectivity index (χ0n) is 12.0. The van der Waals surface area contributed by atoms with Gasteiger partial charge >= 0.3 is 11.8 Å². The third-order valence-electron chi connectivity index (χ3n) is 3.67. The molecule has 0 unspecified atom stereocenters. The molecule has 1 aliphatic rings. The van der Waals surface area contributed by atoms with E-state index in [0.717, 1.165) is 0 Å². The first-order valence-corrected chi connectivity index (χ1v) is 6.83. The first-order chi connectivity index (χ1) is 10.6. The lowest BCUT2D eigenvalue weighted by molar-refractivity contribution is 0.0600. The third-order valence-corrected chi connectivity index (χ3v) is 3.67. The van der Waals surface area contributed by atoms with Gasteiger partial charge in [-0.05, 0) is 18.2 Å². The van der Waals surface area contributed by atoms with E-state index in [1.54, 1.807) is 28.0 Å². The van der Waals surface area contributed by atoms with Gasteiger partial charge in [0.15, 0.2) is 5.58 Å². The Bertz CT molecular complexity index is 770. The molecule has 116 valence electrons. The maximum Gasteiger partial charge on any atom is 0.417 e. The van der Waals surface area contributed by atoms with Crippen molar-refractivity contribution < 1.29 is 18.7 Å². The quantitative estimate of drug-likeness (QED) is 0.834. The molecule has 8 nitrogen and oxygen atoms in total. The van der Waals surface area contributed by atoms with Gasteiger partial charge in [-0.3, -0.25) is 9.78 Å². The third kappa shape index (κ3) is 2.54. The van der Waals surface area contributed by atoms with Gasteiger partial charge in [-0.15, -0.1) is 0 Å². The summed E-state index contributed by atoms with van der Waals surface area (Å²) >= 11 is 0. The van der Waals surface area contributed by atoms with Gasteiger partial charge in [0, 0.05) is 31.7 Å². The smallest absolute Gasteiger partial charge is 0.417 e. The van der Waals surface area contributed by atoms with Crippen LogP contribution < -0.4 is 5.76 Å². The molecule has 1 aromatic heterocycles. The maximum absolute atomic E-state index is 12.5. The van der Waals surface area contributed by atoms with E-state index in [-0.39, 0.29) is 12.0 Å². The van der Waals surface area contributed by atoms with Gasteiger partial charge in [-0.25, -0.2) is 9.59 Å². The van der Waals surface area contributed by atoms with Gasteiger partial charge in [0.1, 0.15) is 0 Å². The standard InChI is InChI=1S/C14H15N3O5/c1-21-14(20)17-6-4-16(5-7-17)12(18)9-2-3-10-11(8-9)22-13(19)15-10/h2-3,8H,4-7H2,1H3,(H,15,19). The molecule has 1 aliphatic heterocycles. The first kappa shape index (κ1) is 14.2. The molecule has 1 saturated heterocycles. The number of methoxy groups -OCH3 is 1. The van der Waals surface area contributed by atoms with Crippen LogP contribution in [0, 0.1) is 0 Å². The largest absolute Gasteiger partial charge is 0.453 e. The molecule has 8 heteroatoms. The molecule has 2 aromatic rings. The number of carbonyl (C=O) groups is 2. The van der Waals surface area contributed by atoms with Crippen LogP contribution in [-0.2, 0) is 4.74 Å². The highest BCUT2D eigenvalue weighted by atomic mass is 16.5. The summed E-state index contributed by atoms with van der Waals surface area (Å²) < 4.78 is 9.62. The number of ether oxygens (including phenoxy) is 1. The first-order valence-electron chi connectivity index (χ1n) is 6.83. The van der Waals surface area contributed by atoms with Crippen LogP contribution in [0.5, 0.6) is 0 Å². The lowest BCUT2D eigenvalue weighted by Crippen LogP contribution is -2.50. The molecule has 22 heavy (non-hydrogen) atoms. The Morgan fingerprint density at radius 2 is 1.86 bits per heavy atom. The van der Waals surface area contributed by atoms with E-state index in [0.29, 0.717) is 42.8 Å². The number of fused-ring (bicyclic) bond motifs is 1. The van der Waals surface area contributed by atoms with Crippen molar-refractivity contribution in [2.75, 3.05) is 33.3 Å². The zero-order valence-corrected chi connectivity index (χ0v) is 12.0. The molecule has 0 spiro atoms. The summed E-state index contributed by atoms with van der Waals surface area (Å²) in [5.41, 5.74) is 1.35. The molecule has 0 aliphatic carbocycles. The predicted octanol–water partition coefficient (Wildman–Crippen LogP) is 0.645. The molecule has 2 amide bonds. The van der Waals surface area contributed by atoms with Crippen LogP contribution in [0.25, 0.3) is 11.1 Å². The average Bonchev–Trinajstić information content (AvgIpc) is 2.92. The van der Waals surface area contributed by atoms with Gasteiger partial charge in [0.05, 0.1) is 12.6 Å². The minimum Gasteiger partial charge on any atom is -0.453 e. The number of rotatable bonds is 1. The van der Waals surface area contributed by atoms with E-state index in [4.69, 9.17) is 4.42 Å². The lowest BCUT2D eigenvalue weighted by atomic mass is 10.1. The van der Waals surface area contributed by atoms with Crippen LogP contribution in [0.15, 0.2) is 27.4 Å². The summed E-state index contributed by atoms with van der Waals surface area (Å²) in [5.74, 6) is -0.707. The summed E-state index contributed by atoms with van der Waals surface area (Å²) in [4.78, 5) is 40.7. The number of carbonyl (C=O) groups excluding carboxylic acids is 2. The molecule has 0 radical (unpaired) electrons. The van der Waals surface area contributed by atoms with Crippen molar-refractivity contribution in [1.82, 2.24) is 14.8 Å². The van der Waals surface area contributed by atoms with E-state index in [1.165, 1.54) is 7.11 Å². The predicted molar refractivity (Wildman–Crippen MR) is 76.7 cm³/mol. The monoisotopic (exact) mass is 305 g/mol.